The fourth-order valence-electron chi connectivity index (χ4n) is 2.58. The van der Waals surface area contributed by atoms with Crippen molar-refractivity contribution in [3.8, 4) is 11.3 Å². The minimum Gasteiger partial charge on any atom is -0.366 e. The van der Waals surface area contributed by atoms with Crippen LogP contribution in [0.1, 0.15) is 18.7 Å². The third kappa shape index (κ3) is 3.14. The monoisotopic (exact) mass is 268 g/mol. The Morgan fingerprint density at radius 1 is 1.20 bits per heavy atom. The number of nitrogens with one attached hydrogen (secondary N) is 2. The van der Waals surface area contributed by atoms with Gasteiger partial charge in [0.25, 0.3) is 0 Å². The number of aryl methyl sites for hydroxylation is 1. The lowest BCUT2D eigenvalue weighted by atomic mass is 10.1. The average molecular weight is 268 g/mol. The van der Waals surface area contributed by atoms with Crippen LogP contribution >= 0.6 is 0 Å². The second-order valence-electron chi connectivity index (χ2n) is 5.24. The lowest BCUT2D eigenvalue weighted by Crippen LogP contribution is -2.38. The fourth-order valence-corrected chi connectivity index (χ4v) is 2.58. The normalized spacial score (nSPS) is 18.8. The van der Waals surface area contributed by atoms with Gasteiger partial charge in [-0.05, 0) is 26.3 Å². The van der Waals surface area contributed by atoms with Crippen molar-refractivity contribution in [1.82, 2.24) is 15.3 Å². The first-order valence-electron chi connectivity index (χ1n) is 7.19. The first kappa shape index (κ1) is 13.1. The van der Waals surface area contributed by atoms with Crippen molar-refractivity contribution in [2.24, 2.45) is 0 Å². The van der Waals surface area contributed by atoms with Gasteiger partial charge in [-0.25, -0.2) is 9.97 Å². The van der Waals surface area contributed by atoms with Crippen molar-refractivity contribution in [1.29, 1.82) is 0 Å². The van der Waals surface area contributed by atoms with Crippen molar-refractivity contribution in [3.05, 3.63) is 42.2 Å². The summed E-state index contributed by atoms with van der Waals surface area (Å²) < 4.78 is 0. The van der Waals surface area contributed by atoms with Crippen LogP contribution in [0.15, 0.2) is 36.4 Å². The Labute approximate surface area is 119 Å². The molecule has 1 fully saturated rings. The van der Waals surface area contributed by atoms with E-state index in [2.05, 4.69) is 32.7 Å². The van der Waals surface area contributed by atoms with E-state index >= 15 is 0 Å². The Balaban J connectivity index is 1.83. The molecular weight excluding hydrogens is 248 g/mol. The fraction of sp³-hybridized carbons (Fsp3) is 0.375. The molecule has 1 aromatic heterocycles. The molecule has 1 aromatic carbocycles. The smallest absolute Gasteiger partial charge is 0.130 e. The number of anilines is 1. The van der Waals surface area contributed by atoms with E-state index in [4.69, 9.17) is 0 Å². The molecule has 1 aliphatic rings. The molecule has 1 unspecified atom stereocenters. The maximum Gasteiger partial charge on any atom is 0.130 e. The molecule has 2 N–H and O–H groups in total. The minimum absolute atomic E-state index is 0.460. The molecule has 20 heavy (non-hydrogen) atoms. The predicted molar refractivity (Wildman–Crippen MR) is 81.7 cm³/mol. The molecule has 0 bridgehead atoms. The molecule has 104 valence electrons. The third-order valence-corrected chi connectivity index (χ3v) is 3.56. The van der Waals surface area contributed by atoms with Crippen LogP contribution < -0.4 is 10.6 Å². The number of aromatic nitrogens is 2. The maximum absolute atomic E-state index is 4.53. The first-order chi connectivity index (χ1) is 9.81. The van der Waals surface area contributed by atoms with E-state index in [0.717, 1.165) is 36.0 Å². The number of rotatable bonds is 3. The largest absolute Gasteiger partial charge is 0.366 e. The van der Waals surface area contributed by atoms with Gasteiger partial charge in [0.15, 0.2) is 0 Å². The second kappa shape index (κ2) is 6.01. The van der Waals surface area contributed by atoms with Gasteiger partial charge in [0.05, 0.1) is 5.69 Å². The highest BCUT2D eigenvalue weighted by Gasteiger charge is 2.13. The van der Waals surface area contributed by atoms with Crippen LogP contribution in [0.2, 0.25) is 0 Å². The van der Waals surface area contributed by atoms with Gasteiger partial charge in [-0.3, -0.25) is 0 Å². The average Bonchev–Trinajstić information content (AvgIpc) is 2.49. The Morgan fingerprint density at radius 2 is 2.05 bits per heavy atom. The summed E-state index contributed by atoms with van der Waals surface area (Å²) in [6, 6.07) is 12.7. The molecule has 0 aliphatic carbocycles. The van der Waals surface area contributed by atoms with Crippen LogP contribution in [-0.4, -0.2) is 29.1 Å². The van der Waals surface area contributed by atoms with Gasteiger partial charge in [0.2, 0.25) is 0 Å². The minimum atomic E-state index is 0.460. The summed E-state index contributed by atoms with van der Waals surface area (Å²) in [5, 5.41) is 6.93. The lowest BCUT2D eigenvalue weighted by molar-refractivity contribution is 0.479. The number of benzene rings is 1. The summed E-state index contributed by atoms with van der Waals surface area (Å²) in [5.41, 5.74) is 2.10. The molecule has 1 atom stereocenters. The zero-order chi connectivity index (χ0) is 13.8. The van der Waals surface area contributed by atoms with Crippen LogP contribution in [0, 0.1) is 6.92 Å². The van der Waals surface area contributed by atoms with Crippen LogP contribution in [0.5, 0.6) is 0 Å². The van der Waals surface area contributed by atoms with E-state index in [1.165, 1.54) is 12.8 Å². The molecule has 1 saturated heterocycles. The van der Waals surface area contributed by atoms with Gasteiger partial charge in [0, 0.05) is 24.2 Å². The summed E-state index contributed by atoms with van der Waals surface area (Å²) in [4.78, 5) is 9.03. The quantitative estimate of drug-likeness (QED) is 0.898. The van der Waals surface area contributed by atoms with Gasteiger partial charge in [-0.1, -0.05) is 30.3 Å². The standard InChI is InChI=1S/C16H20N4/c1-12-18-15(13-6-3-2-4-7-13)10-16(19-12)20-14-8-5-9-17-11-14/h2-4,6-7,10,14,17H,5,8-9,11H2,1H3,(H,18,19,20). The third-order valence-electron chi connectivity index (χ3n) is 3.56. The Bertz CT molecular complexity index is 562. The first-order valence-corrected chi connectivity index (χ1v) is 7.19. The molecule has 3 rings (SSSR count). The van der Waals surface area contributed by atoms with Gasteiger partial charge < -0.3 is 10.6 Å². The zero-order valence-electron chi connectivity index (χ0n) is 11.8. The molecular formula is C16H20N4. The van der Waals surface area contributed by atoms with E-state index < -0.39 is 0 Å². The predicted octanol–water partition coefficient (Wildman–Crippen LogP) is 2.62. The molecule has 4 nitrogen and oxygen atoms in total. The summed E-state index contributed by atoms with van der Waals surface area (Å²) in [5.74, 6) is 1.72. The number of nitrogens with zero attached hydrogens (tertiary/aromatic N) is 2. The molecule has 0 spiro atoms. The molecule has 0 saturated carbocycles. The number of hydrogen-bond acceptors (Lipinski definition) is 4. The topological polar surface area (TPSA) is 49.8 Å². The van der Waals surface area contributed by atoms with E-state index in [1.807, 2.05) is 31.2 Å². The molecule has 0 amide bonds. The van der Waals surface area contributed by atoms with Gasteiger partial charge in [0.1, 0.15) is 11.6 Å². The summed E-state index contributed by atoms with van der Waals surface area (Å²) >= 11 is 0. The van der Waals surface area contributed by atoms with Crippen molar-refractivity contribution in [2.45, 2.75) is 25.8 Å². The van der Waals surface area contributed by atoms with E-state index in [1.54, 1.807) is 0 Å². The Hall–Kier alpha value is -1.94. The van der Waals surface area contributed by atoms with Gasteiger partial charge >= 0.3 is 0 Å². The highest BCUT2D eigenvalue weighted by Crippen LogP contribution is 2.20. The molecule has 0 radical (unpaired) electrons. The summed E-state index contributed by atoms with van der Waals surface area (Å²) in [6.07, 6.45) is 2.41. The molecule has 1 aliphatic heterocycles. The number of piperidine rings is 1. The van der Waals surface area contributed by atoms with Crippen molar-refractivity contribution in [3.63, 3.8) is 0 Å². The SMILES string of the molecule is Cc1nc(NC2CCCNC2)cc(-c2ccccc2)n1. The Morgan fingerprint density at radius 3 is 2.80 bits per heavy atom. The molecule has 4 heteroatoms. The molecule has 2 heterocycles. The van der Waals surface area contributed by atoms with E-state index in [-0.39, 0.29) is 0 Å². The maximum atomic E-state index is 4.53. The van der Waals surface area contributed by atoms with Crippen LogP contribution in [0.3, 0.4) is 0 Å². The van der Waals surface area contributed by atoms with Crippen molar-refractivity contribution < 1.29 is 0 Å². The van der Waals surface area contributed by atoms with E-state index in [9.17, 15) is 0 Å². The van der Waals surface area contributed by atoms with E-state index in [0.29, 0.717) is 6.04 Å². The zero-order valence-corrected chi connectivity index (χ0v) is 11.8. The highest BCUT2D eigenvalue weighted by atomic mass is 15.1. The van der Waals surface area contributed by atoms with Crippen molar-refractivity contribution >= 4 is 5.82 Å². The van der Waals surface area contributed by atoms with Gasteiger partial charge in [-0.15, -0.1) is 0 Å². The number of hydrogen-bond donors (Lipinski definition) is 2. The molecule has 2 aromatic rings. The van der Waals surface area contributed by atoms with Crippen LogP contribution in [0.25, 0.3) is 11.3 Å². The summed E-state index contributed by atoms with van der Waals surface area (Å²) in [6.45, 7) is 4.07. The summed E-state index contributed by atoms with van der Waals surface area (Å²) in [7, 11) is 0. The Kier molecular flexibility index (Phi) is 3.92. The van der Waals surface area contributed by atoms with Crippen LogP contribution in [0.4, 0.5) is 5.82 Å². The van der Waals surface area contributed by atoms with Crippen molar-refractivity contribution in [2.75, 3.05) is 18.4 Å². The van der Waals surface area contributed by atoms with Gasteiger partial charge in [-0.2, -0.15) is 0 Å². The highest BCUT2D eigenvalue weighted by molar-refractivity contribution is 5.62. The second-order valence-corrected chi connectivity index (χ2v) is 5.24. The van der Waals surface area contributed by atoms with Crippen LogP contribution in [-0.2, 0) is 0 Å². The lowest BCUT2D eigenvalue weighted by Gasteiger charge is -2.24.